The van der Waals surface area contributed by atoms with E-state index in [1.807, 2.05) is 38.1 Å². The number of sulfonamides is 1. The van der Waals surface area contributed by atoms with Gasteiger partial charge in [-0.25, -0.2) is 12.7 Å². The summed E-state index contributed by atoms with van der Waals surface area (Å²) >= 11 is 0. The number of rotatable bonds is 12. The van der Waals surface area contributed by atoms with Gasteiger partial charge in [0.15, 0.2) is 0 Å². The van der Waals surface area contributed by atoms with Gasteiger partial charge in [-0.3, -0.25) is 9.59 Å². The number of hydrogen-bond donors (Lipinski definition) is 1. The molecule has 2 aromatic carbocycles. The van der Waals surface area contributed by atoms with Gasteiger partial charge in [-0.2, -0.15) is 0 Å². The fourth-order valence-corrected chi connectivity index (χ4v) is 4.67. The van der Waals surface area contributed by atoms with Crippen molar-refractivity contribution in [3.05, 3.63) is 60.2 Å². The highest BCUT2D eigenvalue weighted by molar-refractivity contribution is 7.89. The molecule has 0 heterocycles. The molecule has 8 nitrogen and oxygen atoms in total. The molecular weight excluding hydrogens is 454 g/mol. The average Bonchev–Trinajstić information content (AvgIpc) is 2.82. The SMILES string of the molecule is COc1cccc(CN(C(=O)CCCN(C)S(=O)(=O)c2ccccc2)[C@H](C)C(=O)NC(C)C)c1. The van der Waals surface area contributed by atoms with E-state index in [0.717, 1.165) is 5.56 Å². The second kappa shape index (κ2) is 12.5. The first-order valence-corrected chi connectivity index (χ1v) is 12.7. The minimum Gasteiger partial charge on any atom is -0.497 e. The van der Waals surface area contributed by atoms with Gasteiger partial charge in [-0.05, 0) is 57.0 Å². The third-order valence-corrected chi connectivity index (χ3v) is 7.27. The molecule has 0 aliphatic rings. The molecule has 186 valence electrons. The molecule has 2 rings (SSSR count). The van der Waals surface area contributed by atoms with Crippen LogP contribution in [0.4, 0.5) is 0 Å². The summed E-state index contributed by atoms with van der Waals surface area (Å²) in [5.41, 5.74) is 0.834. The number of hydrogen-bond acceptors (Lipinski definition) is 5. The zero-order valence-corrected chi connectivity index (χ0v) is 21.3. The van der Waals surface area contributed by atoms with Crippen LogP contribution in [0.2, 0.25) is 0 Å². The number of methoxy groups -OCH3 is 1. The first-order chi connectivity index (χ1) is 16.1. The quantitative estimate of drug-likeness (QED) is 0.494. The first-order valence-electron chi connectivity index (χ1n) is 11.3. The van der Waals surface area contributed by atoms with E-state index in [4.69, 9.17) is 4.74 Å². The highest BCUT2D eigenvalue weighted by atomic mass is 32.2. The molecule has 0 fully saturated rings. The number of nitrogens with one attached hydrogen (secondary N) is 1. The summed E-state index contributed by atoms with van der Waals surface area (Å²) in [4.78, 5) is 27.6. The lowest BCUT2D eigenvalue weighted by atomic mass is 10.1. The first kappa shape index (κ1) is 27.3. The Morgan fingerprint density at radius 2 is 1.71 bits per heavy atom. The average molecular weight is 490 g/mol. The van der Waals surface area contributed by atoms with E-state index in [1.54, 1.807) is 44.4 Å². The van der Waals surface area contributed by atoms with Gasteiger partial charge in [-0.1, -0.05) is 30.3 Å². The molecule has 2 amide bonds. The largest absolute Gasteiger partial charge is 0.497 e. The highest BCUT2D eigenvalue weighted by Gasteiger charge is 2.27. The van der Waals surface area contributed by atoms with Crippen LogP contribution in [0, 0.1) is 0 Å². The maximum atomic E-state index is 13.2. The molecular formula is C25H35N3O5S. The predicted molar refractivity (Wildman–Crippen MR) is 132 cm³/mol. The maximum absolute atomic E-state index is 13.2. The van der Waals surface area contributed by atoms with Crippen LogP contribution < -0.4 is 10.1 Å². The predicted octanol–water partition coefficient (Wildman–Crippen LogP) is 3.04. The second-order valence-electron chi connectivity index (χ2n) is 8.46. The minimum atomic E-state index is -3.63. The van der Waals surface area contributed by atoms with Crippen molar-refractivity contribution in [3.8, 4) is 5.75 Å². The lowest BCUT2D eigenvalue weighted by Gasteiger charge is -2.29. The monoisotopic (exact) mass is 489 g/mol. The number of amides is 2. The van der Waals surface area contributed by atoms with Crippen molar-refractivity contribution in [2.24, 2.45) is 0 Å². The Balaban J connectivity index is 2.10. The van der Waals surface area contributed by atoms with Gasteiger partial charge in [0.05, 0.1) is 12.0 Å². The Morgan fingerprint density at radius 3 is 2.32 bits per heavy atom. The van der Waals surface area contributed by atoms with Crippen molar-refractivity contribution in [1.29, 1.82) is 0 Å². The summed E-state index contributed by atoms with van der Waals surface area (Å²) in [6.45, 7) is 5.84. The molecule has 9 heteroatoms. The van der Waals surface area contributed by atoms with Crippen LogP contribution in [0.1, 0.15) is 39.2 Å². The molecule has 0 bridgehead atoms. The zero-order valence-electron chi connectivity index (χ0n) is 20.5. The van der Waals surface area contributed by atoms with E-state index < -0.39 is 16.1 Å². The van der Waals surface area contributed by atoms with E-state index in [-0.39, 0.29) is 42.3 Å². The number of benzene rings is 2. The third kappa shape index (κ3) is 7.56. The van der Waals surface area contributed by atoms with Crippen molar-refractivity contribution in [1.82, 2.24) is 14.5 Å². The fraction of sp³-hybridized carbons (Fsp3) is 0.440. The lowest BCUT2D eigenvalue weighted by Crippen LogP contribution is -2.49. The summed E-state index contributed by atoms with van der Waals surface area (Å²) in [5.74, 6) is 0.201. The number of carbonyl (C=O) groups is 2. The maximum Gasteiger partial charge on any atom is 0.242 e. The molecule has 2 aromatic rings. The van der Waals surface area contributed by atoms with Gasteiger partial charge in [0.1, 0.15) is 11.8 Å². The van der Waals surface area contributed by atoms with Crippen LogP contribution in [0.5, 0.6) is 5.75 Å². The summed E-state index contributed by atoms with van der Waals surface area (Å²) < 4.78 is 31.9. The molecule has 0 unspecified atom stereocenters. The fourth-order valence-electron chi connectivity index (χ4n) is 3.44. The van der Waals surface area contributed by atoms with Gasteiger partial charge in [0, 0.05) is 32.6 Å². The van der Waals surface area contributed by atoms with Crippen LogP contribution in [0.25, 0.3) is 0 Å². The number of carbonyl (C=O) groups excluding carboxylic acids is 2. The van der Waals surface area contributed by atoms with E-state index in [2.05, 4.69) is 5.32 Å². The van der Waals surface area contributed by atoms with E-state index in [1.165, 1.54) is 16.3 Å². The van der Waals surface area contributed by atoms with Gasteiger partial charge in [0.25, 0.3) is 0 Å². The van der Waals surface area contributed by atoms with Crippen LogP contribution in [-0.2, 0) is 26.2 Å². The molecule has 34 heavy (non-hydrogen) atoms. The molecule has 0 aromatic heterocycles. The normalized spacial score (nSPS) is 12.4. The van der Waals surface area contributed by atoms with Gasteiger partial charge in [-0.15, -0.1) is 0 Å². The highest BCUT2D eigenvalue weighted by Crippen LogP contribution is 2.18. The van der Waals surface area contributed by atoms with Gasteiger partial charge < -0.3 is 15.0 Å². The Kier molecular flexibility index (Phi) is 10.1. The minimum absolute atomic E-state index is 0.0550. The molecule has 1 N–H and O–H groups in total. The lowest BCUT2D eigenvalue weighted by molar-refractivity contribution is -0.140. The third-order valence-electron chi connectivity index (χ3n) is 5.40. The Morgan fingerprint density at radius 1 is 1.03 bits per heavy atom. The van der Waals surface area contributed by atoms with Crippen molar-refractivity contribution >= 4 is 21.8 Å². The van der Waals surface area contributed by atoms with Gasteiger partial charge >= 0.3 is 0 Å². The number of nitrogens with zero attached hydrogens (tertiary/aromatic N) is 2. The Bertz CT molecular complexity index is 1060. The van der Waals surface area contributed by atoms with E-state index in [9.17, 15) is 18.0 Å². The van der Waals surface area contributed by atoms with Crippen molar-refractivity contribution < 1.29 is 22.7 Å². The number of ether oxygens (including phenoxy) is 1. The molecule has 0 spiro atoms. The molecule has 0 saturated carbocycles. The van der Waals surface area contributed by atoms with E-state index >= 15 is 0 Å². The molecule has 0 aliphatic heterocycles. The molecule has 0 radical (unpaired) electrons. The van der Waals surface area contributed by atoms with Crippen LogP contribution >= 0.6 is 0 Å². The summed E-state index contributed by atoms with van der Waals surface area (Å²) in [6, 6.07) is 14.8. The summed E-state index contributed by atoms with van der Waals surface area (Å²) in [5, 5.41) is 2.85. The van der Waals surface area contributed by atoms with Crippen molar-refractivity contribution in [3.63, 3.8) is 0 Å². The Labute approximate surface area is 202 Å². The summed E-state index contributed by atoms with van der Waals surface area (Å²) in [6.07, 6.45) is 0.437. The molecule has 0 aliphatic carbocycles. The zero-order chi connectivity index (χ0) is 25.3. The van der Waals surface area contributed by atoms with Crippen molar-refractivity contribution in [2.75, 3.05) is 20.7 Å². The van der Waals surface area contributed by atoms with Crippen LogP contribution in [0.3, 0.4) is 0 Å². The smallest absolute Gasteiger partial charge is 0.242 e. The standard InChI is InChI=1S/C25H35N3O5S/c1-19(2)26-25(30)20(3)28(18-21-11-9-12-22(17-21)33-5)24(29)15-10-16-27(4)34(31,32)23-13-7-6-8-14-23/h6-9,11-14,17,19-20H,10,15-16,18H2,1-5H3,(H,26,30)/t20-/m1/s1. The molecule has 0 saturated heterocycles. The van der Waals surface area contributed by atoms with E-state index in [0.29, 0.717) is 12.2 Å². The topological polar surface area (TPSA) is 96.0 Å². The van der Waals surface area contributed by atoms with Gasteiger partial charge in [0.2, 0.25) is 21.8 Å². The summed E-state index contributed by atoms with van der Waals surface area (Å²) in [7, 11) is -0.557. The van der Waals surface area contributed by atoms with Crippen molar-refractivity contribution in [2.45, 2.75) is 57.1 Å². The Hall–Kier alpha value is -2.91. The van der Waals surface area contributed by atoms with Crippen LogP contribution in [-0.4, -0.2) is 62.2 Å². The molecule has 1 atom stereocenters. The second-order valence-corrected chi connectivity index (χ2v) is 10.5. The van der Waals surface area contributed by atoms with Crippen LogP contribution in [0.15, 0.2) is 59.5 Å².